The minimum atomic E-state index is -3.39. The number of hydrogen-bond acceptors (Lipinski definition) is 6. The Hall–Kier alpha value is -2.78. The van der Waals surface area contributed by atoms with Gasteiger partial charge in [-0.1, -0.05) is 12.1 Å². The summed E-state index contributed by atoms with van der Waals surface area (Å²) in [5.74, 6) is 1.96. The second-order valence-electron chi connectivity index (χ2n) is 6.25. The number of nitrogens with one attached hydrogen (secondary N) is 3. The van der Waals surface area contributed by atoms with Gasteiger partial charge in [-0.05, 0) is 37.1 Å². The van der Waals surface area contributed by atoms with Crippen LogP contribution in [0.4, 0.5) is 11.6 Å². The SMILES string of the molecule is Cc1[nH]nc(Nc2ccnc(Cc3ccc4c(c3)S(=O)(=O)NC4)n2)c1C. The predicted molar refractivity (Wildman–Crippen MR) is 96.6 cm³/mol. The van der Waals surface area contributed by atoms with Crippen molar-refractivity contribution in [2.45, 2.75) is 31.7 Å². The highest BCUT2D eigenvalue weighted by atomic mass is 32.2. The molecule has 2 aromatic heterocycles. The van der Waals surface area contributed by atoms with Crippen LogP contribution >= 0.6 is 0 Å². The van der Waals surface area contributed by atoms with E-state index in [0.29, 0.717) is 29.5 Å². The Bertz CT molecular complexity index is 1090. The second-order valence-corrected chi connectivity index (χ2v) is 7.98. The van der Waals surface area contributed by atoms with Crippen LogP contribution in [-0.4, -0.2) is 28.6 Å². The number of H-pyrrole nitrogens is 1. The maximum Gasteiger partial charge on any atom is 0.241 e. The van der Waals surface area contributed by atoms with Gasteiger partial charge in [0.05, 0.1) is 4.90 Å². The Kier molecular flexibility index (Phi) is 3.97. The molecule has 134 valence electrons. The summed E-state index contributed by atoms with van der Waals surface area (Å²) in [6.45, 7) is 4.27. The van der Waals surface area contributed by atoms with Crippen molar-refractivity contribution in [1.29, 1.82) is 0 Å². The van der Waals surface area contributed by atoms with Crippen molar-refractivity contribution in [3.8, 4) is 0 Å². The first-order chi connectivity index (χ1) is 12.4. The van der Waals surface area contributed by atoms with E-state index < -0.39 is 10.0 Å². The normalized spacial score (nSPS) is 15.0. The topological polar surface area (TPSA) is 113 Å². The first-order valence-corrected chi connectivity index (χ1v) is 9.63. The third-order valence-corrected chi connectivity index (χ3v) is 5.92. The molecule has 4 rings (SSSR count). The lowest BCUT2D eigenvalue weighted by molar-refractivity contribution is 0.589. The van der Waals surface area contributed by atoms with Gasteiger partial charge in [0.15, 0.2) is 5.82 Å². The molecule has 1 aliphatic rings. The minimum Gasteiger partial charge on any atom is -0.323 e. The molecule has 8 nitrogen and oxygen atoms in total. The van der Waals surface area contributed by atoms with Crippen molar-refractivity contribution in [3.63, 3.8) is 0 Å². The van der Waals surface area contributed by atoms with Crippen molar-refractivity contribution in [2.24, 2.45) is 0 Å². The van der Waals surface area contributed by atoms with E-state index in [1.807, 2.05) is 26.0 Å². The molecule has 0 amide bonds. The maximum absolute atomic E-state index is 12.0. The molecular weight excluding hydrogens is 352 g/mol. The van der Waals surface area contributed by atoms with Gasteiger partial charge in [0.25, 0.3) is 0 Å². The highest BCUT2D eigenvalue weighted by Gasteiger charge is 2.25. The Morgan fingerprint density at radius 3 is 2.85 bits per heavy atom. The highest BCUT2D eigenvalue weighted by molar-refractivity contribution is 7.89. The van der Waals surface area contributed by atoms with Crippen molar-refractivity contribution >= 4 is 21.7 Å². The van der Waals surface area contributed by atoms with E-state index in [-0.39, 0.29) is 0 Å². The van der Waals surface area contributed by atoms with Crippen LogP contribution in [-0.2, 0) is 23.0 Å². The minimum absolute atomic E-state index is 0.340. The summed E-state index contributed by atoms with van der Waals surface area (Å²) >= 11 is 0. The molecule has 3 heterocycles. The van der Waals surface area contributed by atoms with Crippen LogP contribution in [0.5, 0.6) is 0 Å². The van der Waals surface area contributed by atoms with Gasteiger partial charge in [-0.25, -0.2) is 23.1 Å². The van der Waals surface area contributed by atoms with E-state index in [4.69, 9.17) is 0 Å². The summed E-state index contributed by atoms with van der Waals surface area (Å²) in [5.41, 5.74) is 3.66. The Balaban J connectivity index is 1.57. The number of fused-ring (bicyclic) bond motifs is 1. The van der Waals surface area contributed by atoms with Crippen molar-refractivity contribution in [1.82, 2.24) is 24.9 Å². The molecule has 1 aromatic carbocycles. The van der Waals surface area contributed by atoms with E-state index in [1.54, 1.807) is 18.3 Å². The average molecular weight is 370 g/mol. The number of anilines is 2. The highest BCUT2D eigenvalue weighted by Crippen LogP contribution is 2.24. The predicted octanol–water partition coefficient (Wildman–Crippen LogP) is 1.94. The molecule has 26 heavy (non-hydrogen) atoms. The van der Waals surface area contributed by atoms with Crippen LogP contribution in [0.2, 0.25) is 0 Å². The molecule has 3 aromatic rings. The lowest BCUT2D eigenvalue weighted by Crippen LogP contribution is -2.13. The number of benzene rings is 1. The molecule has 9 heteroatoms. The monoisotopic (exact) mass is 370 g/mol. The third-order valence-electron chi connectivity index (χ3n) is 4.44. The zero-order valence-corrected chi connectivity index (χ0v) is 15.2. The number of nitrogens with zero attached hydrogens (tertiary/aromatic N) is 3. The number of aromatic nitrogens is 4. The maximum atomic E-state index is 12.0. The Morgan fingerprint density at radius 1 is 1.23 bits per heavy atom. The summed E-state index contributed by atoms with van der Waals surface area (Å²) in [6.07, 6.45) is 2.11. The van der Waals surface area contributed by atoms with Gasteiger partial charge in [0.2, 0.25) is 10.0 Å². The lowest BCUT2D eigenvalue weighted by Gasteiger charge is -2.07. The molecule has 1 aliphatic heterocycles. The van der Waals surface area contributed by atoms with E-state index >= 15 is 0 Å². The van der Waals surface area contributed by atoms with E-state index in [0.717, 1.165) is 28.2 Å². The molecular formula is C17H18N6O2S. The zero-order valence-electron chi connectivity index (χ0n) is 14.4. The Labute approximate surface area is 151 Å². The van der Waals surface area contributed by atoms with E-state index in [1.165, 1.54) is 0 Å². The van der Waals surface area contributed by atoms with E-state index in [2.05, 4.69) is 30.2 Å². The summed E-state index contributed by atoms with van der Waals surface area (Å²) in [5, 5.41) is 10.3. The molecule has 0 aliphatic carbocycles. The quantitative estimate of drug-likeness (QED) is 0.647. The average Bonchev–Trinajstić information content (AvgIpc) is 3.09. The molecule has 0 saturated heterocycles. The summed E-state index contributed by atoms with van der Waals surface area (Å²) in [6, 6.07) is 7.20. The smallest absolute Gasteiger partial charge is 0.241 e. The lowest BCUT2D eigenvalue weighted by atomic mass is 10.1. The van der Waals surface area contributed by atoms with Gasteiger partial charge >= 0.3 is 0 Å². The number of sulfonamides is 1. The van der Waals surface area contributed by atoms with Crippen LogP contribution in [0.1, 0.15) is 28.2 Å². The van der Waals surface area contributed by atoms with Gasteiger partial charge in [0, 0.05) is 30.4 Å². The van der Waals surface area contributed by atoms with Gasteiger partial charge < -0.3 is 5.32 Å². The molecule has 3 N–H and O–H groups in total. The second kappa shape index (κ2) is 6.19. The van der Waals surface area contributed by atoms with Crippen LogP contribution < -0.4 is 10.0 Å². The van der Waals surface area contributed by atoms with Crippen LogP contribution in [0.3, 0.4) is 0 Å². The fourth-order valence-electron chi connectivity index (χ4n) is 2.82. The van der Waals surface area contributed by atoms with Crippen molar-refractivity contribution in [2.75, 3.05) is 5.32 Å². The number of rotatable bonds is 4. The Morgan fingerprint density at radius 2 is 2.08 bits per heavy atom. The fourth-order valence-corrected chi connectivity index (χ4v) is 4.11. The number of hydrogen-bond donors (Lipinski definition) is 3. The molecule has 0 saturated carbocycles. The summed E-state index contributed by atoms with van der Waals surface area (Å²) < 4.78 is 26.5. The largest absolute Gasteiger partial charge is 0.323 e. The molecule has 0 bridgehead atoms. The molecule has 0 unspecified atom stereocenters. The zero-order chi connectivity index (χ0) is 18.3. The van der Waals surface area contributed by atoms with Crippen LogP contribution in [0, 0.1) is 13.8 Å². The number of aryl methyl sites for hydroxylation is 1. The van der Waals surface area contributed by atoms with Gasteiger partial charge in [-0.2, -0.15) is 5.10 Å². The molecule has 0 atom stereocenters. The molecule has 0 spiro atoms. The van der Waals surface area contributed by atoms with E-state index in [9.17, 15) is 8.42 Å². The fraction of sp³-hybridized carbons (Fsp3) is 0.235. The molecule has 0 fully saturated rings. The van der Waals surface area contributed by atoms with Crippen LogP contribution in [0.15, 0.2) is 35.4 Å². The van der Waals surface area contributed by atoms with Gasteiger partial charge in [0.1, 0.15) is 11.6 Å². The van der Waals surface area contributed by atoms with Crippen molar-refractivity contribution < 1.29 is 8.42 Å². The first-order valence-electron chi connectivity index (χ1n) is 8.14. The summed E-state index contributed by atoms with van der Waals surface area (Å²) in [4.78, 5) is 9.13. The van der Waals surface area contributed by atoms with Gasteiger partial charge in [-0.3, -0.25) is 5.10 Å². The molecule has 0 radical (unpaired) electrons. The van der Waals surface area contributed by atoms with Gasteiger partial charge in [-0.15, -0.1) is 0 Å². The third kappa shape index (κ3) is 3.06. The summed E-state index contributed by atoms with van der Waals surface area (Å²) in [7, 11) is -3.39. The number of aromatic amines is 1. The standard InChI is InChI=1S/C17H18N6O2S/c1-10-11(2)22-23-17(10)21-15-5-6-18-16(20-15)8-12-3-4-13-9-19-26(24,25)14(13)7-12/h3-7,19H,8-9H2,1-2H3,(H2,18,20,21,22,23). The first kappa shape index (κ1) is 16.7. The van der Waals surface area contributed by atoms with Crippen LogP contribution in [0.25, 0.3) is 0 Å². The van der Waals surface area contributed by atoms with Crippen molar-refractivity contribution in [3.05, 3.63) is 58.7 Å².